The first-order valence-electron chi connectivity index (χ1n) is 8.01. The van der Waals surface area contributed by atoms with Gasteiger partial charge in [0.05, 0.1) is 0 Å². The van der Waals surface area contributed by atoms with Gasteiger partial charge in [-0.05, 0) is 25.2 Å². The average Bonchev–Trinajstić information content (AvgIpc) is 2.38. The van der Waals surface area contributed by atoms with Crippen LogP contribution in [0.2, 0.25) is 0 Å². The van der Waals surface area contributed by atoms with Crippen molar-refractivity contribution in [1.29, 1.82) is 0 Å². The molecule has 2 unspecified atom stereocenters. The molecule has 0 aliphatic carbocycles. The van der Waals surface area contributed by atoms with E-state index < -0.39 is 6.04 Å². The molecular formula is C16H30N2O3. The van der Waals surface area contributed by atoms with Gasteiger partial charge in [-0.3, -0.25) is 9.59 Å². The maximum absolute atomic E-state index is 12.7. The van der Waals surface area contributed by atoms with Crippen LogP contribution in [0, 0.1) is 5.41 Å². The monoisotopic (exact) mass is 298 g/mol. The third-order valence-electron chi connectivity index (χ3n) is 3.75. The van der Waals surface area contributed by atoms with E-state index in [2.05, 4.69) is 5.32 Å². The van der Waals surface area contributed by atoms with E-state index in [0.717, 1.165) is 12.8 Å². The van der Waals surface area contributed by atoms with E-state index in [1.807, 2.05) is 34.6 Å². The highest BCUT2D eigenvalue weighted by molar-refractivity contribution is 5.97. The zero-order chi connectivity index (χ0) is 16.0. The quantitative estimate of drug-likeness (QED) is 0.731. The Bertz CT molecular complexity index is 363. The number of hydrogen-bond donors (Lipinski definition) is 1. The molecule has 1 rings (SSSR count). The number of ether oxygens (including phenoxy) is 1. The van der Waals surface area contributed by atoms with E-state index in [4.69, 9.17) is 4.74 Å². The van der Waals surface area contributed by atoms with Crippen LogP contribution in [0.25, 0.3) is 0 Å². The summed E-state index contributed by atoms with van der Waals surface area (Å²) in [5.74, 6) is 0.0184. The van der Waals surface area contributed by atoms with Gasteiger partial charge in [-0.25, -0.2) is 0 Å². The highest BCUT2D eigenvalue weighted by atomic mass is 16.5. The second-order valence-corrected chi connectivity index (χ2v) is 6.70. The molecule has 5 nitrogen and oxygen atoms in total. The van der Waals surface area contributed by atoms with Crippen LogP contribution in [0.3, 0.4) is 0 Å². The lowest BCUT2D eigenvalue weighted by Crippen LogP contribution is -2.66. The fourth-order valence-electron chi connectivity index (χ4n) is 2.85. The Morgan fingerprint density at radius 1 is 1.24 bits per heavy atom. The lowest BCUT2D eigenvalue weighted by molar-refractivity contribution is -0.154. The predicted octanol–water partition coefficient (Wildman–Crippen LogP) is 1.95. The summed E-state index contributed by atoms with van der Waals surface area (Å²) in [5.41, 5.74) is -0.275. The molecule has 5 heteroatoms. The Balaban J connectivity index is 2.84. The molecule has 0 bridgehead atoms. The van der Waals surface area contributed by atoms with Crippen molar-refractivity contribution in [3.05, 3.63) is 0 Å². The van der Waals surface area contributed by atoms with E-state index >= 15 is 0 Å². The van der Waals surface area contributed by atoms with E-state index in [1.54, 1.807) is 4.90 Å². The van der Waals surface area contributed by atoms with Crippen molar-refractivity contribution in [2.24, 2.45) is 5.41 Å². The van der Waals surface area contributed by atoms with Gasteiger partial charge in [-0.1, -0.05) is 34.1 Å². The molecule has 1 aliphatic heterocycles. The SMILES string of the molecule is CCCC1NC(=O)C(C(C)(C)C)N(CCCOCC)C1=O. The van der Waals surface area contributed by atoms with E-state index in [9.17, 15) is 9.59 Å². The van der Waals surface area contributed by atoms with Crippen LogP contribution < -0.4 is 5.32 Å². The number of nitrogens with zero attached hydrogens (tertiary/aromatic N) is 1. The van der Waals surface area contributed by atoms with Gasteiger partial charge in [0.1, 0.15) is 12.1 Å². The second-order valence-electron chi connectivity index (χ2n) is 6.70. The third kappa shape index (κ3) is 4.70. The first-order valence-corrected chi connectivity index (χ1v) is 8.01. The van der Waals surface area contributed by atoms with Crippen molar-refractivity contribution in [3.8, 4) is 0 Å². The highest BCUT2D eigenvalue weighted by Crippen LogP contribution is 2.28. The van der Waals surface area contributed by atoms with Gasteiger partial charge in [-0.2, -0.15) is 0 Å². The number of nitrogens with one attached hydrogen (secondary N) is 1. The molecule has 122 valence electrons. The fraction of sp³-hybridized carbons (Fsp3) is 0.875. The van der Waals surface area contributed by atoms with Crippen LogP contribution in [0.1, 0.15) is 53.9 Å². The zero-order valence-electron chi connectivity index (χ0n) is 14.1. The Morgan fingerprint density at radius 2 is 1.90 bits per heavy atom. The van der Waals surface area contributed by atoms with Gasteiger partial charge in [0, 0.05) is 19.8 Å². The van der Waals surface area contributed by atoms with Crippen molar-refractivity contribution in [1.82, 2.24) is 10.2 Å². The standard InChI is InChI=1S/C16H30N2O3/c1-6-9-12-15(20)18(10-8-11-21-7-2)13(14(19)17-12)16(3,4)5/h12-13H,6-11H2,1-5H3,(H,17,19). The summed E-state index contributed by atoms with van der Waals surface area (Å²) >= 11 is 0. The lowest BCUT2D eigenvalue weighted by atomic mass is 9.82. The molecule has 21 heavy (non-hydrogen) atoms. The molecule has 0 saturated carbocycles. The van der Waals surface area contributed by atoms with Gasteiger partial charge in [0.2, 0.25) is 11.8 Å². The number of carbonyl (C=O) groups is 2. The number of amides is 2. The average molecular weight is 298 g/mol. The largest absolute Gasteiger partial charge is 0.382 e. The van der Waals surface area contributed by atoms with Gasteiger partial charge in [-0.15, -0.1) is 0 Å². The summed E-state index contributed by atoms with van der Waals surface area (Å²) in [7, 11) is 0. The number of piperazine rings is 1. The van der Waals surface area contributed by atoms with Gasteiger partial charge in [0.15, 0.2) is 0 Å². The van der Waals surface area contributed by atoms with Crippen molar-refractivity contribution in [2.45, 2.75) is 66.0 Å². The Labute approximate surface area is 128 Å². The second kappa shape index (κ2) is 7.78. The summed E-state index contributed by atoms with van der Waals surface area (Å²) in [6.07, 6.45) is 2.34. The van der Waals surface area contributed by atoms with Crippen LogP contribution in [-0.2, 0) is 14.3 Å². The molecule has 0 spiro atoms. The van der Waals surface area contributed by atoms with Crippen molar-refractivity contribution >= 4 is 11.8 Å². The Hall–Kier alpha value is -1.10. The highest BCUT2D eigenvalue weighted by Gasteiger charge is 2.45. The summed E-state index contributed by atoms with van der Waals surface area (Å²) in [6.45, 7) is 11.9. The van der Waals surface area contributed by atoms with E-state index in [1.165, 1.54) is 0 Å². The number of carbonyl (C=O) groups excluding carboxylic acids is 2. The molecule has 1 N–H and O–H groups in total. The molecular weight excluding hydrogens is 268 g/mol. The molecule has 2 atom stereocenters. The van der Waals surface area contributed by atoms with E-state index in [-0.39, 0.29) is 23.3 Å². The first-order chi connectivity index (χ1) is 9.82. The minimum absolute atomic E-state index is 0.0306. The normalized spacial score (nSPS) is 23.4. The van der Waals surface area contributed by atoms with Gasteiger partial charge >= 0.3 is 0 Å². The molecule has 0 aromatic rings. The number of rotatable bonds is 7. The van der Waals surface area contributed by atoms with Crippen LogP contribution in [0.5, 0.6) is 0 Å². The van der Waals surface area contributed by atoms with Crippen LogP contribution in [0.4, 0.5) is 0 Å². The Kier molecular flexibility index (Phi) is 6.65. The summed E-state index contributed by atoms with van der Waals surface area (Å²) in [4.78, 5) is 26.8. The van der Waals surface area contributed by atoms with Gasteiger partial charge < -0.3 is 15.0 Å². The molecule has 0 aromatic heterocycles. The minimum atomic E-state index is -0.403. The van der Waals surface area contributed by atoms with Crippen LogP contribution in [-0.4, -0.2) is 48.6 Å². The predicted molar refractivity (Wildman–Crippen MR) is 82.9 cm³/mol. The van der Waals surface area contributed by atoms with Crippen molar-refractivity contribution < 1.29 is 14.3 Å². The van der Waals surface area contributed by atoms with Crippen molar-refractivity contribution in [2.75, 3.05) is 19.8 Å². The zero-order valence-corrected chi connectivity index (χ0v) is 14.1. The van der Waals surface area contributed by atoms with Crippen LogP contribution in [0.15, 0.2) is 0 Å². The van der Waals surface area contributed by atoms with Gasteiger partial charge in [0.25, 0.3) is 0 Å². The van der Waals surface area contributed by atoms with Crippen LogP contribution >= 0.6 is 0 Å². The molecule has 1 saturated heterocycles. The maximum Gasteiger partial charge on any atom is 0.245 e. The minimum Gasteiger partial charge on any atom is -0.382 e. The molecule has 1 heterocycles. The molecule has 2 amide bonds. The summed E-state index contributed by atoms with van der Waals surface area (Å²) in [5, 5.41) is 2.89. The third-order valence-corrected chi connectivity index (χ3v) is 3.75. The van der Waals surface area contributed by atoms with E-state index in [0.29, 0.717) is 26.2 Å². The topological polar surface area (TPSA) is 58.6 Å². The summed E-state index contributed by atoms with van der Waals surface area (Å²) in [6, 6.07) is -0.770. The lowest BCUT2D eigenvalue weighted by Gasteiger charge is -2.44. The molecule has 0 aromatic carbocycles. The molecule has 1 aliphatic rings. The fourth-order valence-corrected chi connectivity index (χ4v) is 2.85. The number of hydrogen-bond acceptors (Lipinski definition) is 3. The maximum atomic E-state index is 12.7. The molecule has 0 radical (unpaired) electrons. The summed E-state index contributed by atoms with van der Waals surface area (Å²) < 4.78 is 5.34. The molecule has 1 fully saturated rings. The Morgan fingerprint density at radius 3 is 2.43 bits per heavy atom. The first kappa shape index (κ1) is 18.0. The smallest absolute Gasteiger partial charge is 0.245 e. The van der Waals surface area contributed by atoms with Crippen molar-refractivity contribution in [3.63, 3.8) is 0 Å².